The van der Waals surface area contributed by atoms with Crippen LogP contribution in [0, 0.1) is 0 Å². The predicted octanol–water partition coefficient (Wildman–Crippen LogP) is -0.273. The largest absolute Gasteiger partial charge is 1.00 e. The van der Waals surface area contributed by atoms with E-state index < -0.39 is 8.60 Å². The van der Waals surface area contributed by atoms with Crippen molar-refractivity contribution in [2.45, 2.75) is 58.3 Å². The number of unbranched alkanes of at least 4 members (excludes halogenated alkanes) is 7. The van der Waals surface area contributed by atoms with Crippen LogP contribution in [0.4, 0.5) is 0 Å². The van der Waals surface area contributed by atoms with E-state index in [9.17, 15) is 4.89 Å². The number of hydrogen-bond donors (Lipinski definition) is 1. The van der Waals surface area contributed by atoms with Gasteiger partial charge in [-0.15, -0.1) is 0 Å². The van der Waals surface area contributed by atoms with Gasteiger partial charge in [0.1, 0.15) is 0 Å². The minimum absolute atomic E-state index is 0. The molecule has 0 saturated heterocycles. The molecule has 5 heteroatoms. The average molecular weight is 244 g/mol. The van der Waals surface area contributed by atoms with E-state index in [-0.39, 0.29) is 29.6 Å². The molecule has 1 unspecified atom stereocenters. The quantitative estimate of drug-likeness (QED) is 0.327. The molecule has 0 aliphatic heterocycles. The summed E-state index contributed by atoms with van der Waals surface area (Å²) in [6.45, 7) is 2.63. The zero-order chi connectivity index (χ0) is 10.6. The molecule has 0 fully saturated rings. The first-order chi connectivity index (χ1) is 6.77. The Morgan fingerprint density at radius 1 is 1.00 bits per heavy atom. The van der Waals surface area contributed by atoms with Crippen LogP contribution in [-0.2, 0) is 4.52 Å². The van der Waals surface area contributed by atoms with Gasteiger partial charge in [0.15, 0.2) is 0 Å². The molecular weight excluding hydrogens is 222 g/mol. The second kappa shape index (κ2) is 15.3. The fourth-order valence-electron chi connectivity index (χ4n) is 1.38. The topological polar surface area (TPSA) is 52.5 Å². The normalized spacial score (nSPS) is 12.2. The number of rotatable bonds is 10. The van der Waals surface area contributed by atoms with Gasteiger partial charge >= 0.3 is 29.6 Å². The van der Waals surface area contributed by atoms with E-state index in [2.05, 4.69) is 11.4 Å². The van der Waals surface area contributed by atoms with Gasteiger partial charge in [-0.1, -0.05) is 51.9 Å². The minimum atomic E-state index is -2.38. The Labute approximate surface area is 117 Å². The molecule has 0 radical (unpaired) electrons. The number of hydrogen-bond acceptors (Lipinski definition) is 3. The molecule has 1 atom stereocenters. The standard InChI is InChI=1S/C10H22O3P.Na/c1-2-3-4-5-6-7-8-9-10-13-14(11)12;/h11H,2-10H2,1H3;/q-1;+1. The van der Waals surface area contributed by atoms with Crippen LogP contribution in [0.1, 0.15) is 58.3 Å². The van der Waals surface area contributed by atoms with Crippen LogP contribution in [0.25, 0.3) is 0 Å². The second-order valence-electron chi connectivity index (χ2n) is 3.55. The third-order valence-electron chi connectivity index (χ3n) is 2.20. The maximum absolute atomic E-state index is 10.1. The van der Waals surface area contributed by atoms with E-state index in [0.29, 0.717) is 6.61 Å². The molecule has 3 nitrogen and oxygen atoms in total. The third kappa shape index (κ3) is 17.9. The van der Waals surface area contributed by atoms with Gasteiger partial charge in [0.2, 0.25) is 0 Å². The Morgan fingerprint density at radius 3 is 1.93 bits per heavy atom. The summed E-state index contributed by atoms with van der Waals surface area (Å²) in [5.74, 6) is 0. The van der Waals surface area contributed by atoms with Gasteiger partial charge in [-0.3, -0.25) is 0 Å². The van der Waals surface area contributed by atoms with Gasteiger partial charge in [0.25, 0.3) is 0 Å². The molecular formula is C10H22NaO3P. The maximum atomic E-state index is 10.1. The Morgan fingerprint density at radius 2 is 1.47 bits per heavy atom. The summed E-state index contributed by atoms with van der Waals surface area (Å²) in [6, 6.07) is 0. The van der Waals surface area contributed by atoms with Gasteiger partial charge < -0.3 is 14.3 Å². The van der Waals surface area contributed by atoms with Crippen molar-refractivity contribution in [1.82, 2.24) is 0 Å². The van der Waals surface area contributed by atoms with Crippen LogP contribution in [0.3, 0.4) is 0 Å². The third-order valence-corrected chi connectivity index (χ3v) is 2.60. The van der Waals surface area contributed by atoms with Crippen LogP contribution in [0.5, 0.6) is 0 Å². The smallest absolute Gasteiger partial charge is 0.786 e. The molecule has 0 aliphatic rings. The monoisotopic (exact) mass is 244 g/mol. The van der Waals surface area contributed by atoms with Crippen molar-refractivity contribution in [1.29, 1.82) is 0 Å². The minimum Gasteiger partial charge on any atom is -0.786 e. The Kier molecular flexibility index (Phi) is 19.1. The van der Waals surface area contributed by atoms with Crippen LogP contribution < -0.4 is 34.5 Å². The van der Waals surface area contributed by atoms with Gasteiger partial charge in [-0.25, -0.2) is 0 Å². The van der Waals surface area contributed by atoms with E-state index in [1.807, 2.05) is 0 Å². The first-order valence-electron chi connectivity index (χ1n) is 5.56. The summed E-state index contributed by atoms with van der Waals surface area (Å²) in [4.78, 5) is 18.5. The SMILES string of the molecule is CCCCCCCCCCOP([O-])O.[Na+]. The van der Waals surface area contributed by atoms with Crippen molar-refractivity contribution in [3.63, 3.8) is 0 Å². The summed E-state index contributed by atoms with van der Waals surface area (Å²) in [7, 11) is -2.38. The van der Waals surface area contributed by atoms with Gasteiger partial charge in [0.05, 0.1) is 15.2 Å². The van der Waals surface area contributed by atoms with Crippen molar-refractivity contribution in [3.05, 3.63) is 0 Å². The molecule has 0 heterocycles. The maximum Gasteiger partial charge on any atom is 1.00 e. The van der Waals surface area contributed by atoms with Crippen molar-refractivity contribution >= 4 is 8.60 Å². The van der Waals surface area contributed by atoms with Gasteiger partial charge in [0, 0.05) is 0 Å². The van der Waals surface area contributed by atoms with Crippen molar-refractivity contribution in [2.75, 3.05) is 6.61 Å². The van der Waals surface area contributed by atoms with Crippen LogP contribution in [0.2, 0.25) is 0 Å². The fraction of sp³-hybridized carbons (Fsp3) is 1.00. The zero-order valence-electron chi connectivity index (χ0n) is 10.1. The van der Waals surface area contributed by atoms with E-state index >= 15 is 0 Å². The first-order valence-corrected chi connectivity index (χ1v) is 6.69. The summed E-state index contributed by atoms with van der Waals surface area (Å²) in [5, 5.41) is 0. The molecule has 0 amide bonds. The first kappa shape index (κ1) is 18.7. The Bertz CT molecular complexity index is 115. The molecule has 0 spiro atoms. The average Bonchev–Trinajstić information content (AvgIpc) is 2.15. The molecule has 0 rings (SSSR count). The van der Waals surface area contributed by atoms with Gasteiger partial charge in [-0.05, 0) is 6.42 Å². The molecule has 0 saturated carbocycles. The summed E-state index contributed by atoms with van der Waals surface area (Å²) >= 11 is 0. The second-order valence-corrected chi connectivity index (χ2v) is 4.28. The van der Waals surface area contributed by atoms with E-state index in [1.165, 1.54) is 38.5 Å². The van der Waals surface area contributed by atoms with Crippen molar-refractivity contribution in [2.24, 2.45) is 0 Å². The van der Waals surface area contributed by atoms with Crippen LogP contribution in [-0.4, -0.2) is 11.5 Å². The molecule has 0 bridgehead atoms. The molecule has 1 N–H and O–H groups in total. The molecule has 0 aromatic rings. The van der Waals surface area contributed by atoms with Crippen LogP contribution >= 0.6 is 8.60 Å². The molecule has 0 aliphatic carbocycles. The van der Waals surface area contributed by atoms with Crippen molar-refractivity contribution < 1.29 is 43.9 Å². The van der Waals surface area contributed by atoms with E-state index in [4.69, 9.17) is 4.89 Å². The summed E-state index contributed by atoms with van der Waals surface area (Å²) in [5.41, 5.74) is 0. The zero-order valence-corrected chi connectivity index (χ0v) is 13.0. The van der Waals surface area contributed by atoms with Gasteiger partial charge in [-0.2, -0.15) is 0 Å². The van der Waals surface area contributed by atoms with E-state index in [1.54, 1.807) is 0 Å². The Balaban J connectivity index is 0. The molecule has 86 valence electrons. The van der Waals surface area contributed by atoms with Crippen molar-refractivity contribution in [3.8, 4) is 0 Å². The van der Waals surface area contributed by atoms with Crippen LogP contribution in [0.15, 0.2) is 0 Å². The van der Waals surface area contributed by atoms with E-state index in [0.717, 1.165) is 12.8 Å². The molecule has 0 aromatic carbocycles. The predicted molar refractivity (Wildman–Crippen MR) is 57.7 cm³/mol. The molecule has 0 aromatic heterocycles. The molecule has 15 heavy (non-hydrogen) atoms. The Hall–Kier alpha value is 1.31. The fourth-order valence-corrected chi connectivity index (χ4v) is 1.66. The summed E-state index contributed by atoms with van der Waals surface area (Å²) in [6.07, 6.45) is 9.80. The summed E-state index contributed by atoms with van der Waals surface area (Å²) < 4.78 is 4.55.